The number of hydrazone groups is 1. The molecule has 0 unspecified atom stereocenters. The van der Waals surface area contributed by atoms with Crippen LogP contribution >= 0.6 is 11.6 Å². The van der Waals surface area contributed by atoms with E-state index in [2.05, 4.69) is 10.5 Å². The van der Waals surface area contributed by atoms with E-state index in [1.54, 1.807) is 48.5 Å². The standard InChI is InChI=1S/C24H24ClN3O5S/c1-17-7-10-21(11-8-17)34(30,31)28(20-6-4-5-19(25)14-20)16-24(29)27-26-15-18-9-12-22(32-2)23(13-18)33-3/h4-15H,16H2,1-3H3,(H,27,29)/b26-15-. The van der Waals surface area contributed by atoms with Crippen molar-refractivity contribution in [3.63, 3.8) is 0 Å². The number of nitrogens with one attached hydrogen (secondary N) is 1. The number of hydrogen-bond acceptors (Lipinski definition) is 6. The molecule has 0 atom stereocenters. The molecule has 8 nitrogen and oxygen atoms in total. The molecule has 3 aromatic carbocycles. The van der Waals surface area contributed by atoms with Gasteiger partial charge in [0.25, 0.3) is 15.9 Å². The van der Waals surface area contributed by atoms with Gasteiger partial charge in [-0.2, -0.15) is 5.10 Å². The first kappa shape index (κ1) is 25.1. The fraction of sp³-hybridized carbons (Fsp3) is 0.167. The summed E-state index contributed by atoms with van der Waals surface area (Å²) >= 11 is 6.08. The van der Waals surface area contributed by atoms with E-state index in [1.165, 1.54) is 38.6 Å². The second-order valence-electron chi connectivity index (χ2n) is 7.21. The van der Waals surface area contributed by atoms with Gasteiger partial charge in [-0.05, 0) is 61.0 Å². The van der Waals surface area contributed by atoms with E-state index in [0.717, 1.165) is 9.87 Å². The molecule has 3 rings (SSSR count). The highest BCUT2D eigenvalue weighted by Crippen LogP contribution is 2.27. The molecule has 1 N–H and O–H groups in total. The third kappa shape index (κ3) is 6.06. The highest BCUT2D eigenvalue weighted by molar-refractivity contribution is 7.92. The summed E-state index contributed by atoms with van der Waals surface area (Å²) in [7, 11) is -1.00. The molecule has 0 aliphatic carbocycles. The van der Waals surface area contributed by atoms with Gasteiger partial charge in [0, 0.05) is 5.02 Å². The van der Waals surface area contributed by atoms with Crippen molar-refractivity contribution in [2.45, 2.75) is 11.8 Å². The van der Waals surface area contributed by atoms with Crippen molar-refractivity contribution in [2.24, 2.45) is 5.10 Å². The zero-order chi connectivity index (χ0) is 24.7. The SMILES string of the molecule is COc1ccc(/C=N\NC(=O)CN(c2cccc(Cl)c2)S(=O)(=O)c2ccc(C)cc2)cc1OC. The molecule has 0 aromatic heterocycles. The maximum Gasteiger partial charge on any atom is 0.264 e. The lowest BCUT2D eigenvalue weighted by Crippen LogP contribution is -2.39. The molecule has 1 amide bonds. The Morgan fingerprint density at radius 3 is 2.38 bits per heavy atom. The Labute approximate surface area is 203 Å². The molecule has 34 heavy (non-hydrogen) atoms. The summed E-state index contributed by atoms with van der Waals surface area (Å²) in [6.45, 7) is 1.36. The number of methoxy groups -OCH3 is 2. The lowest BCUT2D eigenvalue weighted by Gasteiger charge is -2.24. The quantitative estimate of drug-likeness (QED) is 0.353. The number of carbonyl (C=O) groups is 1. The second kappa shape index (κ2) is 11.0. The molecule has 3 aromatic rings. The summed E-state index contributed by atoms with van der Waals surface area (Å²) in [5.41, 5.74) is 4.18. The van der Waals surface area contributed by atoms with Crippen LogP contribution in [0.1, 0.15) is 11.1 Å². The minimum Gasteiger partial charge on any atom is -0.493 e. The largest absolute Gasteiger partial charge is 0.493 e. The van der Waals surface area contributed by atoms with Crippen LogP contribution < -0.4 is 19.2 Å². The van der Waals surface area contributed by atoms with Gasteiger partial charge in [0.1, 0.15) is 6.54 Å². The summed E-state index contributed by atoms with van der Waals surface area (Å²) in [5, 5.41) is 4.28. The van der Waals surface area contributed by atoms with Crippen molar-refractivity contribution in [3.8, 4) is 11.5 Å². The molecule has 0 heterocycles. The van der Waals surface area contributed by atoms with Crippen LogP contribution in [0.25, 0.3) is 0 Å². The van der Waals surface area contributed by atoms with Gasteiger partial charge in [-0.15, -0.1) is 0 Å². The molecular weight excluding hydrogens is 478 g/mol. The van der Waals surface area contributed by atoms with Gasteiger partial charge in [-0.25, -0.2) is 13.8 Å². The predicted octanol–water partition coefficient (Wildman–Crippen LogP) is 4.01. The lowest BCUT2D eigenvalue weighted by molar-refractivity contribution is -0.119. The number of amides is 1. The van der Waals surface area contributed by atoms with Crippen LogP contribution in [-0.4, -0.2) is 41.3 Å². The number of rotatable bonds is 9. The second-order valence-corrected chi connectivity index (χ2v) is 9.51. The van der Waals surface area contributed by atoms with Gasteiger partial charge in [-0.3, -0.25) is 9.10 Å². The first-order chi connectivity index (χ1) is 16.2. The lowest BCUT2D eigenvalue weighted by atomic mass is 10.2. The van der Waals surface area contributed by atoms with Gasteiger partial charge in [0.15, 0.2) is 11.5 Å². The first-order valence-electron chi connectivity index (χ1n) is 10.1. The Morgan fingerprint density at radius 1 is 1.03 bits per heavy atom. The van der Waals surface area contributed by atoms with Crippen LogP contribution in [0.3, 0.4) is 0 Å². The number of sulfonamides is 1. The van der Waals surface area contributed by atoms with Gasteiger partial charge < -0.3 is 9.47 Å². The normalized spacial score (nSPS) is 11.3. The van der Waals surface area contributed by atoms with E-state index in [0.29, 0.717) is 22.1 Å². The Morgan fingerprint density at radius 2 is 1.74 bits per heavy atom. The fourth-order valence-corrected chi connectivity index (χ4v) is 4.66. The highest BCUT2D eigenvalue weighted by atomic mass is 35.5. The molecule has 0 fully saturated rings. The van der Waals surface area contributed by atoms with Crippen molar-refractivity contribution < 1.29 is 22.7 Å². The Balaban J connectivity index is 1.82. The summed E-state index contributed by atoms with van der Waals surface area (Å²) in [4.78, 5) is 12.7. The molecule has 0 saturated carbocycles. The molecule has 10 heteroatoms. The van der Waals surface area contributed by atoms with Crippen LogP contribution in [0, 0.1) is 6.92 Å². The smallest absolute Gasteiger partial charge is 0.264 e. The number of benzene rings is 3. The van der Waals surface area contributed by atoms with Crippen molar-refractivity contribution >= 4 is 39.4 Å². The monoisotopic (exact) mass is 501 g/mol. The van der Waals surface area contributed by atoms with E-state index in [4.69, 9.17) is 21.1 Å². The highest BCUT2D eigenvalue weighted by Gasteiger charge is 2.27. The maximum absolute atomic E-state index is 13.4. The summed E-state index contributed by atoms with van der Waals surface area (Å²) in [6, 6.07) is 17.8. The van der Waals surface area contributed by atoms with E-state index >= 15 is 0 Å². The molecule has 0 bridgehead atoms. The van der Waals surface area contributed by atoms with Crippen LogP contribution in [0.5, 0.6) is 11.5 Å². The van der Waals surface area contributed by atoms with Gasteiger partial charge in [-0.1, -0.05) is 35.4 Å². The van der Waals surface area contributed by atoms with Crippen LogP contribution in [0.15, 0.2) is 76.7 Å². The number of ether oxygens (including phenoxy) is 2. The van der Waals surface area contributed by atoms with E-state index in [9.17, 15) is 13.2 Å². The number of nitrogens with zero attached hydrogens (tertiary/aromatic N) is 2. The number of halogens is 1. The third-order valence-corrected chi connectivity index (χ3v) is 6.83. The van der Waals surface area contributed by atoms with E-state index in [1.807, 2.05) is 6.92 Å². The maximum atomic E-state index is 13.4. The summed E-state index contributed by atoms with van der Waals surface area (Å²) in [6.07, 6.45) is 1.41. The fourth-order valence-electron chi connectivity index (χ4n) is 3.06. The zero-order valence-corrected chi connectivity index (χ0v) is 20.4. The topological polar surface area (TPSA) is 97.3 Å². The molecule has 0 aliphatic heterocycles. The van der Waals surface area contributed by atoms with Gasteiger partial charge in [0.05, 0.1) is 31.0 Å². The van der Waals surface area contributed by atoms with Gasteiger partial charge in [0.2, 0.25) is 0 Å². The molecule has 0 spiro atoms. The average Bonchev–Trinajstić information content (AvgIpc) is 2.82. The number of hydrogen-bond donors (Lipinski definition) is 1. The third-order valence-electron chi connectivity index (χ3n) is 4.80. The first-order valence-corrected chi connectivity index (χ1v) is 12.0. The predicted molar refractivity (Wildman–Crippen MR) is 132 cm³/mol. The van der Waals surface area contributed by atoms with Crippen LogP contribution in [0.2, 0.25) is 5.02 Å². The van der Waals surface area contributed by atoms with Crippen molar-refractivity contribution in [2.75, 3.05) is 25.1 Å². The summed E-state index contributed by atoms with van der Waals surface area (Å²) < 4.78 is 38.1. The Hall–Kier alpha value is -3.56. The summed E-state index contributed by atoms with van der Waals surface area (Å²) in [5.74, 6) is 0.434. The van der Waals surface area contributed by atoms with E-state index < -0.39 is 22.5 Å². The van der Waals surface area contributed by atoms with Gasteiger partial charge >= 0.3 is 0 Å². The average molecular weight is 502 g/mol. The minimum atomic E-state index is -4.05. The molecule has 0 radical (unpaired) electrons. The molecule has 178 valence electrons. The Bertz CT molecular complexity index is 1290. The number of aryl methyl sites for hydroxylation is 1. The van der Waals surface area contributed by atoms with Crippen molar-refractivity contribution in [1.82, 2.24) is 5.43 Å². The van der Waals surface area contributed by atoms with Crippen molar-refractivity contribution in [3.05, 3.63) is 82.9 Å². The van der Waals surface area contributed by atoms with Crippen LogP contribution in [-0.2, 0) is 14.8 Å². The number of anilines is 1. The molecule has 0 saturated heterocycles. The Kier molecular flexibility index (Phi) is 8.14. The number of carbonyl (C=O) groups excluding carboxylic acids is 1. The molecule has 0 aliphatic rings. The van der Waals surface area contributed by atoms with E-state index in [-0.39, 0.29) is 10.6 Å². The minimum absolute atomic E-state index is 0.0553. The van der Waals surface area contributed by atoms with Crippen molar-refractivity contribution in [1.29, 1.82) is 0 Å². The molecular formula is C24H24ClN3O5S. The van der Waals surface area contributed by atoms with Crippen LogP contribution in [0.4, 0.5) is 5.69 Å². The zero-order valence-electron chi connectivity index (χ0n) is 18.9.